The molecule has 3 atom stereocenters. The van der Waals surface area contributed by atoms with Gasteiger partial charge in [0.15, 0.2) is 11.5 Å². The molecule has 1 aliphatic carbocycles. The third-order valence-corrected chi connectivity index (χ3v) is 8.12. The van der Waals surface area contributed by atoms with E-state index in [1.807, 2.05) is 49.2 Å². The molecule has 7 nitrogen and oxygen atoms in total. The van der Waals surface area contributed by atoms with Crippen LogP contribution in [0.3, 0.4) is 0 Å². The van der Waals surface area contributed by atoms with E-state index in [2.05, 4.69) is 16.4 Å². The molecule has 2 aromatic rings. The average molecular weight is 492 g/mol. The van der Waals surface area contributed by atoms with Crippen molar-refractivity contribution in [2.45, 2.75) is 77.3 Å². The molecular weight excluding hydrogens is 454 g/mol. The minimum atomic E-state index is -0.442. The van der Waals surface area contributed by atoms with Crippen molar-refractivity contribution in [2.75, 3.05) is 13.3 Å². The van der Waals surface area contributed by atoms with Crippen LogP contribution in [-0.4, -0.2) is 41.1 Å². The number of rotatable bonds is 7. The van der Waals surface area contributed by atoms with Crippen molar-refractivity contribution in [3.8, 4) is 22.8 Å². The second-order valence-corrected chi connectivity index (χ2v) is 10.4. The van der Waals surface area contributed by atoms with E-state index in [9.17, 15) is 9.59 Å². The third-order valence-electron chi connectivity index (χ3n) is 8.12. The van der Waals surface area contributed by atoms with E-state index in [0.29, 0.717) is 6.54 Å². The topological polar surface area (TPSA) is 80.8 Å². The number of carbonyl (C=O) groups is 2. The molecule has 7 heteroatoms. The smallest absolute Gasteiger partial charge is 0.245 e. The van der Waals surface area contributed by atoms with Gasteiger partial charge in [-0.2, -0.15) is 0 Å². The monoisotopic (exact) mass is 491 g/mol. The van der Waals surface area contributed by atoms with Crippen LogP contribution < -0.4 is 14.8 Å². The minimum Gasteiger partial charge on any atom is -0.454 e. The van der Waals surface area contributed by atoms with Crippen molar-refractivity contribution in [3.05, 3.63) is 42.1 Å². The summed E-state index contributed by atoms with van der Waals surface area (Å²) in [6.07, 6.45) is 9.91. The van der Waals surface area contributed by atoms with Gasteiger partial charge in [0.2, 0.25) is 18.6 Å². The number of likely N-dealkylation sites (tertiary alicyclic amines) is 1. The molecule has 0 bridgehead atoms. The highest BCUT2D eigenvalue weighted by Gasteiger charge is 2.39. The summed E-state index contributed by atoms with van der Waals surface area (Å²) in [6.45, 7) is 4.90. The van der Waals surface area contributed by atoms with Crippen LogP contribution in [0.5, 0.6) is 11.5 Å². The fourth-order valence-corrected chi connectivity index (χ4v) is 5.75. The largest absolute Gasteiger partial charge is 0.454 e. The van der Waals surface area contributed by atoms with Crippen molar-refractivity contribution in [1.29, 1.82) is 0 Å². The molecule has 2 amide bonds. The van der Waals surface area contributed by atoms with Gasteiger partial charge in [0.1, 0.15) is 6.04 Å². The lowest BCUT2D eigenvalue weighted by Crippen LogP contribution is -2.53. The number of hydrogen-bond donors (Lipinski definition) is 1. The zero-order valence-electron chi connectivity index (χ0n) is 21.4. The van der Waals surface area contributed by atoms with Crippen molar-refractivity contribution in [3.63, 3.8) is 0 Å². The summed E-state index contributed by atoms with van der Waals surface area (Å²) in [5, 5.41) is 3.18. The van der Waals surface area contributed by atoms with E-state index in [1.165, 1.54) is 6.42 Å². The Hall–Kier alpha value is -3.09. The predicted molar refractivity (Wildman–Crippen MR) is 137 cm³/mol. The van der Waals surface area contributed by atoms with Crippen LogP contribution in [0.25, 0.3) is 11.3 Å². The zero-order chi connectivity index (χ0) is 25.1. The predicted octanol–water partition coefficient (Wildman–Crippen LogP) is 5.25. The number of nitrogens with one attached hydrogen (secondary N) is 1. The minimum absolute atomic E-state index is 0.00817. The Kier molecular flexibility index (Phi) is 7.44. The maximum Gasteiger partial charge on any atom is 0.245 e. The summed E-state index contributed by atoms with van der Waals surface area (Å²) < 4.78 is 11.0. The zero-order valence-corrected chi connectivity index (χ0v) is 21.4. The Labute approximate surface area is 213 Å². The number of aromatic nitrogens is 1. The lowest BCUT2D eigenvalue weighted by molar-refractivity contribution is -0.140. The molecule has 1 saturated carbocycles. The second kappa shape index (κ2) is 10.9. The first-order chi connectivity index (χ1) is 17.5. The molecule has 0 spiro atoms. The van der Waals surface area contributed by atoms with Crippen LogP contribution in [0.2, 0.25) is 0 Å². The van der Waals surface area contributed by atoms with Gasteiger partial charge in [-0.25, -0.2) is 0 Å². The molecule has 36 heavy (non-hydrogen) atoms. The molecule has 2 aliphatic heterocycles. The summed E-state index contributed by atoms with van der Waals surface area (Å²) in [6, 6.07) is 9.49. The van der Waals surface area contributed by atoms with Gasteiger partial charge >= 0.3 is 0 Å². The number of hydrogen-bond acceptors (Lipinski definition) is 5. The van der Waals surface area contributed by atoms with E-state index in [4.69, 9.17) is 9.47 Å². The van der Waals surface area contributed by atoms with Crippen LogP contribution >= 0.6 is 0 Å². The van der Waals surface area contributed by atoms with Gasteiger partial charge in [-0.15, -0.1) is 0 Å². The summed E-state index contributed by atoms with van der Waals surface area (Å²) in [4.78, 5) is 33.5. The molecule has 1 saturated heterocycles. The Morgan fingerprint density at radius 3 is 2.67 bits per heavy atom. The van der Waals surface area contributed by atoms with Crippen LogP contribution in [0, 0.1) is 11.8 Å². The maximum absolute atomic E-state index is 14.0. The van der Waals surface area contributed by atoms with E-state index in [-0.39, 0.29) is 36.5 Å². The summed E-state index contributed by atoms with van der Waals surface area (Å²) in [5.74, 6) is 1.65. The van der Waals surface area contributed by atoms with Crippen LogP contribution in [0.4, 0.5) is 0 Å². The number of amides is 2. The normalized spacial score (nSPS) is 21.3. The summed E-state index contributed by atoms with van der Waals surface area (Å²) in [5.41, 5.74) is 2.89. The van der Waals surface area contributed by atoms with Gasteiger partial charge in [0, 0.05) is 24.2 Å². The molecule has 1 aromatic heterocycles. The van der Waals surface area contributed by atoms with Crippen molar-refractivity contribution in [1.82, 2.24) is 15.2 Å². The molecule has 3 heterocycles. The van der Waals surface area contributed by atoms with E-state index in [1.54, 1.807) is 0 Å². The fraction of sp³-hybridized carbons (Fsp3) is 0.552. The molecule has 192 valence electrons. The maximum atomic E-state index is 14.0. The molecule has 1 aromatic carbocycles. The number of nitrogens with zero attached hydrogens (tertiary/aromatic N) is 2. The first-order valence-corrected chi connectivity index (χ1v) is 13.5. The van der Waals surface area contributed by atoms with Crippen molar-refractivity contribution < 1.29 is 19.1 Å². The van der Waals surface area contributed by atoms with E-state index in [0.717, 1.165) is 73.3 Å². The first kappa shape index (κ1) is 24.6. The quantitative estimate of drug-likeness (QED) is 0.572. The van der Waals surface area contributed by atoms with Gasteiger partial charge in [0.25, 0.3) is 0 Å². The van der Waals surface area contributed by atoms with Crippen molar-refractivity contribution in [2.24, 2.45) is 11.8 Å². The highest BCUT2D eigenvalue weighted by molar-refractivity contribution is 5.89. The molecule has 0 radical (unpaired) electrons. The van der Waals surface area contributed by atoms with Gasteiger partial charge in [-0.3, -0.25) is 14.6 Å². The standard InChI is InChI=1S/C29H37N3O4/c1-3-19(2)28(33)31-27(20-8-5-4-6-9-20)29(34)32-15-7-10-24(32)22-13-14-30-23(16-22)21-11-12-25-26(17-21)36-18-35-25/h11-14,16-17,19-20,24,27H,3-10,15,18H2,1-2H3,(H,31,33). The van der Waals surface area contributed by atoms with Gasteiger partial charge in [-0.1, -0.05) is 33.1 Å². The molecule has 3 unspecified atom stereocenters. The molecule has 5 rings (SSSR count). The number of fused-ring (bicyclic) bond motifs is 1. The second-order valence-electron chi connectivity index (χ2n) is 10.4. The lowest BCUT2D eigenvalue weighted by Gasteiger charge is -2.35. The Morgan fingerprint density at radius 1 is 1.06 bits per heavy atom. The molecule has 1 N–H and O–H groups in total. The van der Waals surface area contributed by atoms with Crippen LogP contribution in [0.1, 0.15) is 76.8 Å². The van der Waals surface area contributed by atoms with Crippen LogP contribution in [-0.2, 0) is 9.59 Å². The average Bonchev–Trinajstić information content (AvgIpc) is 3.61. The number of ether oxygens (including phenoxy) is 2. The number of pyridine rings is 1. The highest BCUT2D eigenvalue weighted by atomic mass is 16.7. The van der Waals surface area contributed by atoms with Gasteiger partial charge < -0.3 is 19.7 Å². The fourth-order valence-electron chi connectivity index (χ4n) is 5.75. The Balaban J connectivity index is 1.38. The van der Waals surface area contributed by atoms with Gasteiger partial charge in [-0.05, 0) is 73.9 Å². The molecular formula is C29H37N3O4. The molecule has 3 aliphatic rings. The Morgan fingerprint density at radius 2 is 1.86 bits per heavy atom. The number of benzene rings is 1. The highest BCUT2D eigenvalue weighted by Crippen LogP contribution is 2.38. The van der Waals surface area contributed by atoms with E-state index >= 15 is 0 Å². The lowest BCUT2D eigenvalue weighted by atomic mass is 9.83. The Bertz CT molecular complexity index is 1100. The van der Waals surface area contributed by atoms with E-state index < -0.39 is 6.04 Å². The van der Waals surface area contributed by atoms with Crippen LogP contribution in [0.15, 0.2) is 36.5 Å². The van der Waals surface area contributed by atoms with Crippen molar-refractivity contribution >= 4 is 11.8 Å². The summed E-state index contributed by atoms with van der Waals surface area (Å²) in [7, 11) is 0. The number of carbonyl (C=O) groups excluding carboxylic acids is 2. The summed E-state index contributed by atoms with van der Waals surface area (Å²) >= 11 is 0. The molecule has 2 fully saturated rings. The SMILES string of the molecule is CCC(C)C(=O)NC(C(=O)N1CCCC1c1ccnc(-c2ccc3c(c2)OCO3)c1)C1CCCCC1. The van der Waals surface area contributed by atoms with Gasteiger partial charge in [0.05, 0.1) is 11.7 Å². The first-order valence-electron chi connectivity index (χ1n) is 13.5. The third kappa shape index (κ3) is 5.06.